The number of hydrogen-bond acceptors (Lipinski definition) is 2. The number of sulfonamides is 1. The van der Waals surface area contributed by atoms with Crippen LogP contribution in [0.25, 0.3) is 22.0 Å². The Labute approximate surface area is 203 Å². The van der Waals surface area contributed by atoms with Crippen LogP contribution in [-0.2, 0) is 22.7 Å². The highest BCUT2D eigenvalue weighted by Crippen LogP contribution is 2.39. The van der Waals surface area contributed by atoms with Gasteiger partial charge in [-0.3, -0.25) is 0 Å². The second-order valence-corrected chi connectivity index (χ2v) is 12.5. The number of aromatic nitrogens is 1. The number of alkyl halides is 4. The van der Waals surface area contributed by atoms with Crippen molar-refractivity contribution in [2.75, 3.05) is 6.67 Å². The van der Waals surface area contributed by atoms with Crippen molar-refractivity contribution in [2.45, 2.75) is 64.0 Å². The van der Waals surface area contributed by atoms with Crippen LogP contribution in [0.3, 0.4) is 0 Å². The summed E-state index contributed by atoms with van der Waals surface area (Å²) in [6.45, 7) is 5.65. The summed E-state index contributed by atoms with van der Waals surface area (Å²) in [6, 6.07) is 9.23. The lowest BCUT2D eigenvalue weighted by Gasteiger charge is -2.27. The van der Waals surface area contributed by atoms with Crippen molar-refractivity contribution in [2.24, 2.45) is 5.41 Å². The third-order valence-corrected chi connectivity index (χ3v) is 8.39. The molecule has 1 saturated carbocycles. The van der Waals surface area contributed by atoms with Crippen LogP contribution >= 0.6 is 0 Å². The number of rotatable bonds is 7. The summed E-state index contributed by atoms with van der Waals surface area (Å²) in [5.41, 5.74) is 0.635. The first-order valence-electron chi connectivity index (χ1n) is 11.7. The van der Waals surface area contributed by atoms with E-state index >= 15 is 0 Å². The molecule has 0 radical (unpaired) electrons. The van der Waals surface area contributed by atoms with E-state index in [1.165, 1.54) is 12.1 Å². The van der Waals surface area contributed by atoms with E-state index in [1.807, 2.05) is 25.3 Å². The molecule has 4 nitrogen and oxygen atoms in total. The van der Waals surface area contributed by atoms with E-state index in [9.17, 15) is 26.0 Å². The predicted molar refractivity (Wildman–Crippen MR) is 130 cm³/mol. The molecule has 1 atom stereocenters. The Balaban J connectivity index is 1.84. The molecule has 1 unspecified atom stereocenters. The van der Waals surface area contributed by atoms with Gasteiger partial charge in [-0.15, -0.1) is 0 Å². The first-order valence-corrected chi connectivity index (χ1v) is 13.2. The minimum Gasteiger partial charge on any atom is -0.347 e. The van der Waals surface area contributed by atoms with Crippen molar-refractivity contribution in [3.8, 4) is 11.1 Å². The van der Waals surface area contributed by atoms with Crippen LogP contribution in [0, 0.1) is 5.41 Å². The molecule has 4 rings (SSSR count). The van der Waals surface area contributed by atoms with Crippen molar-refractivity contribution in [3.05, 3.63) is 59.8 Å². The lowest BCUT2D eigenvalue weighted by Crippen LogP contribution is -2.40. The maximum Gasteiger partial charge on any atom is 0.417 e. The lowest BCUT2D eigenvalue weighted by atomic mass is 9.96. The van der Waals surface area contributed by atoms with Gasteiger partial charge in [0.2, 0.25) is 10.0 Å². The lowest BCUT2D eigenvalue weighted by molar-refractivity contribution is -0.137. The monoisotopic (exact) mass is 510 g/mol. The molecule has 0 saturated heterocycles. The maximum absolute atomic E-state index is 14.2. The average Bonchev–Trinajstić information content (AvgIpc) is 3.05. The van der Waals surface area contributed by atoms with Crippen molar-refractivity contribution < 1.29 is 26.0 Å². The van der Waals surface area contributed by atoms with Crippen LogP contribution in [-0.4, -0.2) is 24.9 Å². The summed E-state index contributed by atoms with van der Waals surface area (Å²) >= 11 is 0. The molecule has 1 fully saturated rings. The first kappa shape index (κ1) is 25.7. The van der Waals surface area contributed by atoms with Gasteiger partial charge in [0, 0.05) is 23.6 Å². The molecule has 0 bridgehead atoms. The fraction of sp³-hybridized carbons (Fsp3) is 0.462. The smallest absolute Gasteiger partial charge is 0.347 e. The van der Waals surface area contributed by atoms with Crippen LogP contribution in [0.1, 0.15) is 57.2 Å². The highest BCUT2D eigenvalue weighted by molar-refractivity contribution is 7.90. The molecule has 9 heteroatoms. The molecule has 0 spiro atoms. The van der Waals surface area contributed by atoms with E-state index in [-0.39, 0.29) is 11.0 Å². The normalized spacial score (nSPS) is 16.4. The van der Waals surface area contributed by atoms with Gasteiger partial charge in [-0.1, -0.05) is 57.5 Å². The predicted octanol–water partition coefficient (Wildman–Crippen LogP) is 6.86. The fourth-order valence-electron chi connectivity index (χ4n) is 4.54. The standard InChI is InChI=1S/C26H30F4N2O2S/c1-25(2,3)16-32-15-21(23(14-27)31-35(33,34)18-7-6-8-18)20-12-11-17(13-24(20)32)19-9-4-5-10-22(19)26(28,29)30/h4-5,9-13,15,18,23,31H,6-8,14,16H2,1-3H3. The minimum absolute atomic E-state index is 0.0553. The van der Waals surface area contributed by atoms with Gasteiger partial charge in [0.1, 0.15) is 6.67 Å². The van der Waals surface area contributed by atoms with Crippen molar-refractivity contribution >= 4 is 20.9 Å². The number of nitrogens with one attached hydrogen (secondary N) is 1. The average molecular weight is 511 g/mol. The first-order chi connectivity index (χ1) is 16.3. The molecule has 190 valence electrons. The van der Waals surface area contributed by atoms with E-state index in [1.54, 1.807) is 30.5 Å². The summed E-state index contributed by atoms with van der Waals surface area (Å²) in [5.74, 6) is 0. The zero-order valence-electron chi connectivity index (χ0n) is 20.0. The summed E-state index contributed by atoms with van der Waals surface area (Å²) in [4.78, 5) is 0. The number of hydrogen-bond donors (Lipinski definition) is 1. The van der Waals surface area contributed by atoms with Gasteiger partial charge in [-0.2, -0.15) is 13.2 Å². The number of nitrogens with zero attached hydrogens (tertiary/aromatic N) is 1. The van der Waals surface area contributed by atoms with Crippen molar-refractivity contribution in [1.29, 1.82) is 0 Å². The Morgan fingerprint density at radius 3 is 2.34 bits per heavy atom. The van der Waals surface area contributed by atoms with Gasteiger partial charge in [-0.05, 0) is 47.1 Å². The topological polar surface area (TPSA) is 51.1 Å². The SMILES string of the molecule is CC(C)(C)Cn1cc(C(CF)NS(=O)(=O)C2CCC2)c2ccc(-c3ccccc3C(F)(F)F)cc21. The third-order valence-electron chi connectivity index (χ3n) is 6.43. The molecular weight excluding hydrogens is 480 g/mol. The molecule has 1 aromatic heterocycles. The van der Waals surface area contributed by atoms with E-state index in [4.69, 9.17) is 0 Å². The molecule has 35 heavy (non-hydrogen) atoms. The van der Waals surface area contributed by atoms with Crippen LogP contribution < -0.4 is 4.72 Å². The molecule has 1 aliphatic carbocycles. The van der Waals surface area contributed by atoms with Crippen LogP contribution in [0.2, 0.25) is 0 Å². The van der Waals surface area contributed by atoms with Crippen LogP contribution in [0.5, 0.6) is 0 Å². The highest BCUT2D eigenvalue weighted by Gasteiger charge is 2.35. The summed E-state index contributed by atoms with van der Waals surface area (Å²) in [6.07, 6.45) is -0.838. The molecule has 0 amide bonds. The summed E-state index contributed by atoms with van der Waals surface area (Å²) in [5, 5.41) is 0.103. The number of benzene rings is 2. The van der Waals surface area contributed by atoms with Gasteiger partial charge in [0.05, 0.1) is 16.9 Å². The van der Waals surface area contributed by atoms with Gasteiger partial charge in [-0.25, -0.2) is 17.5 Å². The molecule has 1 aliphatic rings. The Morgan fingerprint density at radius 2 is 1.77 bits per heavy atom. The van der Waals surface area contributed by atoms with E-state index in [0.29, 0.717) is 41.4 Å². The third kappa shape index (κ3) is 5.40. The fourth-order valence-corrected chi connectivity index (χ4v) is 6.28. The number of fused-ring (bicyclic) bond motifs is 1. The van der Waals surface area contributed by atoms with Crippen LogP contribution in [0.15, 0.2) is 48.7 Å². The molecule has 2 aromatic carbocycles. The summed E-state index contributed by atoms with van der Waals surface area (Å²) in [7, 11) is -3.67. The Kier molecular flexibility index (Phi) is 6.79. The van der Waals surface area contributed by atoms with Gasteiger partial charge >= 0.3 is 6.18 Å². The summed E-state index contributed by atoms with van der Waals surface area (Å²) < 4.78 is 85.0. The number of halogens is 4. The Morgan fingerprint density at radius 1 is 1.09 bits per heavy atom. The van der Waals surface area contributed by atoms with E-state index in [0.717, 1.165) is 12.5 Å². The highest BCUT2D eigenvalue weighted by atomic mass is 32.2. The minimum atomic E-state index is -4.51. The van der Waals surface area contributed by atoms with Crippen molar-refractivity contribution in [1.82, 2.24) is 9.29 Å². The van der Waals surface area contributed by atoms with E-state index in [2.05, 4.69) is 4.72 Å². The molecular formula is C26H30F4N2O2S. The van der Waals surface area contributed by atoms with Crippen molar-refractivity contribution in [3.63, 3.8) is 0 Å². The van der Waals surface area contributed by atoms with Gasteiger partial charge < -0.3 is 4.57 Å². The second-order valence-electron chi connectivity index (χ2n) is 10.5. The largest absolute Gasteiger partial charge is 0.417 e. The zero-order chi connectivity index (χ0) is 25.6. The zero-order valence-corrected chi connectivity index (χ0v) is 20.8. The van der Waals surface area contributed by atoms with Crippen LogP contribution in [0.4, 0.5) is 17.6 Å². The van der Waals surface area contributed by atoms with Gasteiger partial charge in [0.25, 0.3) is 0 Å². The quantitative estimate of drug-likeness (QED) is 0.353. The Bertz CT molecular complexity index is 1320. The van der Waals surface area contributed by atoms with Gasteiger partial charge in [0.15, 0.2) is 0 Å². The van der Waals surface area contributed by atoms with E-state index < -0.39 is 39.7 Å². The molecule has 1 N–H and O–H groups in total. The molecule has 3 aromatic rings. The maximum atomic E-state index is 14.2. The second kappa shape index (κ2) is 9.24. The molecule has 1 heterocycles. The molecule has 0 aliphatic heterocycles. The Hall–Kier alpha value is -2.39.